The fourth-order valence-corrected chi connectivity index (χ4v) is 1.75. The van der Waals surface area contributed by atoms with Crippen LogP contribution in [0.2, 0.25) is 5.02 Å². The van der Waals surface area contributed by atoms with E-state index in [-0.39, 0.29) is 11.9 Å². The Morgan fingerprint density at radius 2 is 2.32 bits per heavy atom. The standard InChI is InChI=1S/C13H20ClN3O2/c1-4-15-12-7-10(11(14)8-16-12)13(18)17-9(2)5-6-19-3/h7-9H,4-6H2,1-3H3,(H,15,16)(H,17,18). The highest BCUT2D eigenvalue weighted by atomic mass is 35.5. The monoisotopic (exact) mass is 285 g/mol. The number of nitrogens with zero attached hydrogens (tertiary/aromatic N) is 1. The predicted octanol–water partition coefficient (Wildman–Crippen LogP) is 2.32. The van der Waals surface area contributed by atoms with Gasteiger partial charge >= 0.3 is 0 Å². The number of anilines is 1. The van der Waals surface area contributed by atoms with Crippen LogP contribution in [0.15, 0.2) is 12.3 Å². The van der Waals surface area contributed by atoms with Crippen molar-refractivity contribution in [2.45, 2.75) is 26.3 Å². The van der Waals surface area contributed by atoms with E-state index < -0.39 is 0 Å². The summed E-state index contributed by atoms with van der Waals surface area (Å²) < 4.78 is 4.98. The van der Waals surface area contributed by atoms with Crippen LogP contribution in [0.1, 0.15) is 30.6 Å². The summed E-state index contributed by atoms with van der Waals surface area (Å²) in [5.41, 5.74) is 0.428. The van der Waals surface area contributed by atoms with Crippen LogP contribution in [-0.2, 0) is 4.74 Å². The first-order valence-electron chi connectivity index (χ1n) is 6.27. The summed E-state index contributed by atoms with van der Waals surface area (Å²) in [6.45, 7) is 5.23. The number of ether oxygens (including phenoxy) is 1. The van der Waals surface area contributed by atoms with Crippen LogP contribution in [0.25, 0.3) is 0 Å². The van der Waals surface area contributed by atoms with E-state index in [0.717, 1.165) is 13.0 Å². The molecule has 1 unspecified atom stereocenters. The molecule has 0 aliphatic heterocycles. The first-order valence-corrected chi connectivity index (χ1v) is 6.65. The normalized spacial score (nSPS) is 12.0. The van der Waals surface area contributed by atoms with E-state index >= 15 is 0 Å². The molecule has 0 aromatic carbocycles. The molecule has 1 aromatic heterocycles. The molecule has 1 amide bonds. The highest BCUT2D eigenvalue weighted by Crippen LogP contribution is 2.18. The molecule has 6 heteroatoms. The van der Waals surface area contributed by atoms with Crippen molar-refractivity contribution in [3.63, 3.8) is 0 Å². The van der Waals surface area contributed by atoms with E-state index in [1.54, 1.807) is 13.2 Å². The van der Waals surface area contributed by atoms with Gasteiger partial charge in [-0.2, -0.15) is 0 Å². The molecule has 19 heavy (non-hydrogen) atoms. The Labute approximate surface area is 118 Å². The number of carbonyl (C=O) groups is 1. The number of halogens is 1. The number of methoxy groups -OCH3 is 1. The fraction of sp³-hybridized carbons (Fsp3) is 0.538. The van der Waals surface area contributed by atoms with Gasteiger partial charge in [-0.25, -0.2) is 4.98 Å². The van der Waals surface area contributed by atoms with Gasteiger partial charge in [-0.1, -0.05) is 11.6 Å². The van der Waals surface area contributed by atoms with Crippen molar-refractivity contribution in [1.82, 2.24) is 10.3 Å². The summed E-state index contributed by atoms with van der Waals surface area (Å²) in [6.07, 6.45) is 2.24. The maximum atomic E-state index is 12.1. The van der Waals surface area contributed by atoms with Crippen LogP contribution in [0, 0.1) is 0 Å². The fourth-order valence-electron chi connectivity index (χ4n) is 1.56. The summed E-state index contributed by atoms with van der Waals surface area (Å²) in [7, 11) is 1.64. The van der Waals surface area contributed by atoms with Crippen LogP contribution >= 0.6 is 11.6 Å². The molecule has 1 atom stereocenters. The van der Waals surface area contributed by atoms with Gasteiger partial charge in [0.05, 0.1) is 10.6 Å². The second-order valence-electron chi connectivity index (χ2n) is 4.24. The topological polar surface area (TPSA) is 63.2 Å². The molecule has 1 rings (SSSR count). The Bertz CT molecular complexity index is 426. The number of aromatic nitrogens is 1. The Hall–Kier alpha value is -1.33. The van der Waals surface area contributed by atoms with Gasteiger partial charge in [0, 0.05) is 32.5 Å². The van der Waals surface area contributed by atoms with Gasteiger partial charge in [0.1, 0.15) is 5.82 Å². The van der Waals surface area contributed by atoms with Crippen LogP contribution in [0.3, 0.4) is 0 Å². The predicted molar refractivity (Wildman–Crippen MR) is 76.8 cm³/mol. The van der Waals surface area contributed by atoms with Gasteiger partial charge in [0.2, 0.25) is 0 Å². The minimum absolute atomic E-state index is 0.0271. The van der Waals surface area contributed by atoms with Crippen molar-refractivity contribution in [1.29, 1.82) is 0 Å². The van der Waals surface area contributed by atoms with Crippen molar-refractivity contribution >= 4 is 23.3 Å². The number of nitrogens with one attached hydrogen (secondary N) is 2. The molecular weight excluding hydrogens is 266 g/mol. The number of pyridine rings is 1. The first kappa shape index (κ1) is 15.7. The van der Waals surface area contributed by atoms with Crippen molar-refractivity contribution in [2.24, 2.45) is 0 Å². The van der Waals surface area contributed by atoms with Crippen molar-refractivity contribution in [2.75, 3.05) is 25.6 Å². The Balaban J connectivity index is 2.72. The molecule has 0 saturated heterocycles. The second kappa shape index (κ2) is 7.96. The molecule has 2 N–H and O–H groups in total. The van der Waals surface area contributed by atoms with Gasteiger partial charge in [-0.15, -0.1) is 0 Å². The number of amides is 1. The zero-order valence-electron chi connectivity index (χ0n) is 11.5. The van der Waals surface area contributed by atoms with Gasteiger partial charge in [0.25, 0.3) is 5.91 Å². The van der Waals surface area contributed by atoms with Gasteiger partial charge in [-0.05, 0) is 26.3 Å². The molecule has 0 aliphatic carbocycles. The maximum absolute atomic E-state index is 12.1. The summed E-state index contributed by atoms with van der Waals surface area (Å²) in [6, 6.07) is 1.68. The maximum Gasteiger partial charge on any atom is 0.253 e. The van der Waals surface area contributed by atoms with E-state index in [0.29, 0.717) is 23.0 Å². The van der Waals surface area contributed by atoms with Crippen molar-refractivity contribution in [3.8, 4) is 0 Å². The van der Waals surface area contributed by atoms with Gasteiger partial charge in [-0.3, -0.25) is 4.79 Å². The van der Waals surface area contributed by atoms with Crippen molar-refractivity contribution in [3.05, 3.63) is 22.8 Å². The molecule has 0 radical (unpaired) electrons. The zero-order valence-corrected chi connectivity index (χ0v) is 12.3. The average Bonchev–Trinajstić information content (AvgIpc) is 2.38. The van der Waals surface area contributed by atoms with Gasteiger partial charge < -0.3 is 15.4 Å². The Morgan fingerprint density at radius 1 is 1.58 bits per heavy atom. The molecule has 0 aliphatic rings. The van der Waals surface area contributed by atoms with E-state index in [9.17, 15) is 4.79 Å². The van der Waals surface area contributed by atoms with E-state index in [1.807, 2.05) is 13.8 Å². The zero-order chi connectivity index (χ0) is 14.3. The minimum Gasteiger partial charge on any atom is -0.385 e. The lowest BCUT2D eigenvalue weighted by Crippen LogP contribution is -2.33. The summed E-state index contributed by atoms with van der Waals surface area (Å²) in [5.74, 6) is 0.441. The average molecular weight is 286 g/mol. The van der Waals surface area contributed by atoms with Crippen LogP contribution in [0.5, 0.6) is 0 Å². The lowest BCUT2D eigenvalue weighted by atomic mass is 10.2. The number of hydrogen-bond donors (Lipinski definition) is 2. The van der Waals surface area contributed by atoms with E-state index in [4.69, 9.17) is 16.3 Å². The molecule has 0 spiro atoms. The van der Waals surface area contributed by atoms with Crippen LogP contribution < -0.4 is 10.6 Å². The van der Waals surface area contributed by atoms with E-state index in [2.05, 4.69) is 15.6 Å². The third-order valence-corrected chi connectivity index (χ3v) is 2.89. The number of rotatable bonds is 7. The first-order chi connectivity index (χ1) is 9.08. The van der Waals surface area contributed by atoms with Crippen molar-refractivity contribution < 1.29 is 9.53 Å². The third kappa shape index (κ3) is 5.04. The highest BCUT2D eigenvalue weighted by Gasteiger charge is 2.14. The van der Waals surface area contributed by atoms with Crippen LogP contribution in [0.4, 0.5) is 5.82 Å². The quantitative estimate of drug-likeness (QED) is 0.807. The Kier molecular flexibility index (Phi) is 6.59. The molecule has 0 saturated carbocycles. The van der Waals surface area contributed by atoms with E-state index in [1.165, 1.54) is 6.20 Å². The molecule has 5 nitrogen and oxygen atoms in total. The molecular formula is C13H20ClN3O2. The lowest BCUT2D eigenvalue weighted by molar-refractivity contribution is 0.0929. The summed E-state index contributed by atoms with van der Waals surface area (Å²) in [5, 5.41) is 6.28. The molecule has 1 heterocycles. The minimum atomic E-state index is -0.199. The number of hydrogen-bond acceptors (Lipinski definition) is 4. The molecule has 0 bridgehead atoms. The van der Waals surface area contributed by atoms with Gasteiger partial charge in [0.15, 0.2) is 0 Å². The molecule has 0 fully saturated rings. The smallest absolute Gasteiger partial charge is 0.253 e. The second-order valence-corrected chi connectivity index (χ2v) is 4.64. The molecule has 106 valence electrons. The molecule has 1 aromatic rings. The summed E-state index contributed by atoms with van der Waals surface area (Å²) in [4.78, 5) is 16.2. The highest BCUT2D eigenvalue weighted by molar-refractivity contribution is 6.33. The summed E-state index contributed by atoms with van der Waals surface area (Å²) >= 11 is 6.00. The number of carbonyl (C=O) groups excluding carboxylic acids is 1. The lowest BCUT2D eigenvalue weighted by Gasteiger charge is -2.14. The third-order valence-electron chi connectivity index (χ3n) is 2.59. The largest absolute Gasteiger partial charge is 0.385 e. The Morgan fingerprint density at radius 3 is 2.95 bits per heavy atom. The SMILES string of the molecule is CCNc1cc(C(=O)NC(C)CCOC)c(Cl)cn1. The van der Waals surface area contributed by atoms with Crippen LogP contribution in [-0.4, -0.2) is 37.2 Å².